The van der Waals surface area contributed by atoms with Crippen molar-refractivity contribution in [3.05, 3.63) is 76.0 Å². The van der Waals surface area contributed by atoms with Crippen LogP contribution in [-0.2, 0) is 17.9 Å². The first-order valence-electron chi connectivity index (χ1n) is 12.6. The van der Waals surface area contributed by atoms with Crippen LogP contribution in [0.15, 0.2) is 60.0 Å². The van der Waals surface area contributed by atoms with Gasteiger partial charge in [-0.05, 0) is 58.7 Å². The van der Waals surface area contributed by atoms with E-state index in [1.54, 1.807) is 21.1 Å². The van der Waals surface area contributed by atoms with Crippen molar-refractivity contribution in [3.63, 3.8) is 0 Å². The predicted molar refractivity (Wildman–Crippen MR) is 147 cm³/mol. The van der Waals surface area contributed by atoms with E-state index >= 15 is 0 Å². The smallest absolute Gasteiger partial charge is 0.322 e. The van der Waals surface area contributed by atoms with E-state index in [1.165, 1.54) is 5.56 Å². The number of benzene rings is 2. The van der Waals surface area contributed by atoms with Gasteiger partial charge in [0.25, 0.3) is 0 Å². The highest BCUT2D eigenvalue weighted by Crippen LogP contribution is 2.33. The van der Waals surface area contributed by atoms with E-state index in [-0.39, 0.29) is 31.2 Å². The third-order valence-electron chi connectivity index (χ3n) is 6.12. The summed E-state index contributed by atoms with van der Waals surface area (Å²) in [7, 11) is 0. The van der Waals surface area contributed by atoms with Gasteiger partial charge in [-0.3, -0.25) is 4.79 Å². The van der Waals surface area contributed by atoms with Crippen LogP contribution in [0.1, 0.15) is 49.6 Å². The molecule has 0 saturated heterocycles. The van der Waals surface area contributed by atoms with Crippen LogP contribution in [-0.4, -0.2) is 41.6 Å². The van der Waals surface area contributed by atoms with Gasteiger partial charge in [0.1, 0.15) is 6.54 Å². The molecule has 37 heavy (non-hydrogen) atoms. The van der Waals surface area contributed by atoms with Crippen molar-refractivity contribution in [2.75, 3.05) is 25.2 Å². The number of fused-ring (bicyclic) bond motifs is 1. The van der Waals surface area contributed by atoms with E-state index in [9.17, 15) is 9.59 Å². The van der Waals surface area contributed by atoms with Crippen LogP contribution < -0.4 is 14.8 Å². The average Bonchev–Trinajstić information content (AvgIpc) is 3.55. The van der Waals surface area contributed by atoms with Gasteiger partial charge < -0.3 is 24.6 Å². The molecule has 1 aliphatic rings. The Bertz CT molecular complexity index is 1190. The van der Waals surface area contributed by atoms with Gasteiger partial charge in [0.05, 0.1) is 6.54 Å². The molecule has 0 aliphatic carbocycles. The number of ether oxygens (including phenoxy) is 2. The number of nitrogens with one attached hydrogen (secondary N) is 1. The Morgan fingerprint density at radius 2 is 1.70 bits per heavy atom. The molecule has 3 amide bonds. The quantitative estimate of drug-likeness (QED) is 0.339. The van der Waals surface area contributed by atoms with Gasteiger partial charge in [0.15, 0.2) is 11.5 Å². The molecule has 1 aliphatic heterocycles. The molecule has 196 valence electrons. The third kappa shape index (κ3) is 7.26. The number of rotatable bonds is 10. The molecule has 3 aromatic rings. The zero-order valence-electron chi connectivity index (χ0n) is 21.9. The molecule has 0 unspecified atom stereocenters. The van der Waals surface area contributed by atoms with E-state index in [0.29, 0.717) is 42.7 Å². The molecule has 0 saturated carbocycles. The van der Waals surface area contributed by atoms with Gasteiger partial charge >= 0.3 is 6.03 Å². The molecule has 1 aromatic heterocycles. The summed E-state index contributed by atoms with van der Waals surface area (Å²) < 4.78 is 10.9. The number of thiophene rings is 1. The van der Waals surface area contributed by atoms with Crippen molar-refractivity contribution >= 4 is 29.0 Å². The molecular weight excluding hydrogens is 486 g/mol. The zero-order chi connectivity index (χ0) is 26.4. The van der Waals surface area contributed by atoms with E-state index in [4.69, 9.17) is 9.47 Å². The topological polar surface area (TPSA) is 71.1 Å². The molecule has 2 aromatic carbocycles. The molecule has 8 heteroatoms. The van der Waals surface area contributed by atoms with Crippen LogP contribution in [0.25, 0.3) is 0 Å². The summed E-state index contributed by atoms with van der Waals surface area (Å²) in [6.45, 7) is 9.89. The molecule has 7 nitrogen and oxygen atoms in total. The average molecular weight is 522 g/mol. The van der Waals surface area contributed by atoms with Crippen LogP contribution in [0.4, 0.5) is 10.5 Å². The first kappa shape index (κ1) is 26.5. The Hall–Kier alpha value is -3.52. The highest BCUT2D eigenvalue weighted by molar-refractivity contribution is 7.09. The second kappa shape index (κ2) is 12.1. The lowest BCUT2D eigenvalue weighted by Crippen LogP contribution is -2.45. The van der Waals surface area contributed by atoms with E-state index in [2.05, 4.69) is 19.2 Å². The Morgan fingerprint density at radius 3 is 2.38 bits per heavy atom. The van der Waals surface area contributed by atoms with Gasteiger partial charge in [-0.15, -0.1) is 11.3 Å². The second-order valence-corrected chi connectivity index (χ2v) is 11.0. The van der Waals surface area contributed by atoms with Gasteiger partial charge in [0.2, 0.25) is 12.7 Å². The summed E-state index contributed by atoms with van der Waals surface area (Å²) in [5.41, 5.74) is 2.87. The molecule has 4 rings (SSSR count). The Kier molecular flexibility index (Phi) is 8.71. The number of nitrogens with zero attached hydrogens (tertiary/aromatic N) is 2. The van der Waals surface area contributed by atoms with Crippen LogP contribution in [0, 0.1) is 5.92 Å². The molecule has 0 bridgehead atoms. The summed E-state index contributed by atoms with van der Waals surface area (Å²) in [5.74, 6) is 1.91. The zero-order valence-corrected chi connectivity index (χ0v) is 22.7. The fourth-order valence-corrected chi connectivity index (χ4v) is 4.88. The highest BCUT2D eigenvalue weighted by Gasteiger charge is 2.24. The van der Waals surface area contributed by atoms with Crippen molar-refractivity contribution in [2.45, 2.75) is 46.7 Å². The molecule has 1 N–H and O–H groups in total. The van der Waals surface area contributed by atoms with E-state index < -0.39 is 0 Å². The standard InChI is InChI=1S/C29H35N3O4S/c1-20(2)15-32(29(34)30-24-10-8-23(9-11-24)21(3)4)18-28(33)31(17-25-6-5-13-37-25)16-22-7-12-26-27(14-22)36-19-35-26/h5-14,20-21H,15-19H2,1-4H3,(H,30,34). The molecule has 0 fully saturated rings. The fourth-order valence-electron chi connectivity index (χ4n) is 4.16. The van der Waals surface area contributed by atoms with Gasteiger partial charge in [-0.25, -0.2) is 4.79 Å². The van der Waals surface area contributed by atoms with Crippen molar-refractivity contribution in [3.8, 4) is 11.5 Å². The normalized spacial score (nSPS) is 12.2. The maximum Gasteiger partial charge on any atom is 0.322 e. The monoisotopic (exact) mass is 521 g/mol. The summed E-state index contributed by atoms with van der Waals surface area (Å²) in [6, 6.07) is 17.3. The lowest BCUT2D eigenvalue weighted by molar-refractivity contribution is -0.133. The van der Waals surface area contributed by atoms with Gasteiger partial charge in [-0.2, -0.15) is 0 Å². The van der Waals surface area contributed by atoms with E-state index in [0.717, 1.165) is 10.4 Å². The van der Waals surface area contributed by atoms with Crippen molar-refractivity contribution < 1.29 is 19.1 Å². The molecular formula is C29H35N3O4S. The number of hydrogen-bond acceptors (Lipinski definition) is 5. The Morgan fingerprint density at radius 1 is 0.946 bits per heavy atom. The minimum absolute atomic E-state index is 0.00990. The number of anilines is 1. The lowest BCUT2D eigenvalue weighted by Gasteiger charge is -2.29. The van der Waals surface area contributed by atoms with Gasteiger partial charge in [0, 0.05) is 23.7 Å². The number of amides is 3. The minimum atomic E-state index is -0.279. The predicted octanol–water partition coefficient (Wildman–Crippen LogP) is 6.32. The number of urea groups is 1. The molecule has 0 atom stereocenters. The second-order valence-electron chi connectivity index (χ2n) is 10.00. The Balaban J connectivity index is 1.48. The molecule has 2 heterocycles. The number of carbonyl (C=O) groups is 2. The molecule has 0 radical (unpaired) electrons. The maximum atomic E-state index is 13.6. The maximum absolute atomic E-state index is 13.6. The first-order chi connectivity index (χ1) is 17.8. The summed E-state index contributed by atoms with van der Waals surface area (Å²) in [4.78, 5) is 31.4. The largest absolute Gasteiger partial charge is 0.454 e. The van der Waals surface area contributed by atoms with Crippen LogP contribution in [0.2, 0.25) is 0 Å². The van der Waals surface area contributed by atoms with Crippen LogP contribution in [0.5, 0.6) is 11.5 Å². The summed E-state index contributed by atoms with van der Waals surface area (Å²) in [5, 5.41) is 4.97. The minimum Gasteiger partial charge on any atom is -0.454 e. The molecule has 0 spiro atoms. The van der Waals surface area contributed by atoms with E-state index in [1.807, 2.05) is 73.8 Å². The Labute approximate surface area is 223 Å². The summed E-state index contributed by atoms with van der Waals surface area (Å²) in [6.07, 6.45) is 0. The number of carbonyl (C=O) groups excluding carboxylic acids is 2. The fraction of sp³-hybridized carbons (Fsp3) is 0.379. The van der Waals surface area contributed by atoms with Crippen molar-refractivity contribution in [1.29, 1.82) is 0 Å². The first-order valence-corrected chi connectivity index (χ1v) is 13.5. The van der Waals surface area contributed by atoms with Crippen LogP contribution >= 0.6 is 11.3 Å². The highest BCUT2D eigenvalue weighted by atomic mass is 32.1. The SMILES string of the molecule is CC(C)CN(CC(=O)N(Cc1ccc2c(c1)OCO2)Cc1cccs1)C(=O)Nc1ccc(C(C)C)cc1. The van der Waals surface area contributed by atoms with Gasteiger partial charge in [-0.1, -0.05) is 52.0 Å². The third-order valence-corrected chi connectivity index (χ3v) is 6.98. The number of hydrogen-bond donors (Lipinski definition) is 1. The summed E-state index contributed by atoms with van der Waals surface area (Å²) >= 11 is 1.61. The van der Waals surface area contributed by atoms with Crippen molar-refractivity contribution in [2.24, 2.45) is 5.92 Å². The lowest BCUT2D eigenvalue weighted by atomic mass is 10.0. The van der Waals surface area contributed by atoms with Crippen molar-refractivity contribution in [1.82, 2.24) is 9.80 Å². The van der Waals surface area contributed by atoms with Crippen LogP contribution in [0.3, 0.4) is 0 Å².